The van der Waals surface area contributed by atoms with E-state index in [0.717, 1.165) is 27.0 Å². The third-order valence-corrected chi connectivity index (χ3v) is 5.66. The van der Waals surface area contributed by atoms with E-state index in [-0.39, 0.29) is 0 Å². The molecular formula is C22H20BrCl2NO3. The van der Waals surface area contributed by atoms with Crippen molar-refractivity contribution in [2.45, 2.75) is 13.2 Å². The van der Waals surface area contributed by atoms with Crippen LogP contribution in [0.2, 0.25) is 10.0 Å². The van der Waals surface area contributed by atoms with Gasteiger partial charge in [-0.3, -0.25) is 0 Å². The third kappa shape index (κ3) is 5.50. The molecule has 1 N–H and O–H groups in total. The van der Waals surface area contributed by atoms with Crippen LogP contribution in [0.1, 0.15) is 11.1 Å². The van der Waals surface area contributed by atoms with Gasteiger partial charge in [-0.05, 0) is 48.5 Å². The minimum Gasteiger partial charge on any atom is -0.497 e. The molecule has 0 radical (unpaired) electrons. The maximum absolute atomic E-state index is 6.28. The van der Waals surface area contributed by atoms with Crippen LogP contribution >= 0.6 is 39.1 Å². The zero-order valence-corrected chi connectivity index (χ0v) is 19.1. The monoisotopic (exact) mass is 495 g/mol. The molecule has 0 heterocycles. The summed E-state index contributed by atoms with van der Waals surface area (Å²) in [5.41, 5.74) is 2.74. The predicted molar refractivity (Wildman–Crippen MR) is 122 cm³/mol. The average molecular weight is 497 g/mol. The molecule has 152 valence electrons. The Hall–Kier alpha value is -2.08. The molecule has 0 aromatic heterocycles. The molecule has 0 aliphatic rings. The molecule has 29 heavy (non-hydrogen) atoms. The predicted octanol–water partition coefficient (Wildman–Crippen LogP) is 6.96. The topological polar surface area (TPSA) is 39.7 Å². The molecular weight excluding hydrogens is 477 g/mol. The van der Waals surface area contributed by atoms with Gasteiger partial charge in [-0.2, -0.15) is 0 Å². The first-order valence-corrected chi connectivity index (χ1v) is 10.4. The summed E-state index contributed by atoms with van der Waals surface area (Å²) in [6.45, 7) is 0.826. The first-order chi connectivity index (χ1) is 14.0. The fourth-order valence-electron chi connectivity index (χ4n) is 2.75. The fourth-order valence-corrected chi connectivity index (χ4v) is 3.67. The van der Waals surface area contributed by atoms with E-state index in [9.17, 15) is 0 Å². The quantitative estimate of drug-likeness (QED) is 0.365. The molecule has 3 rings (SSSR count). The van der Waals surface area contributed by atoms with Crippen LogP contribution in [0.4, 0.5) is 5.69 Å². The SMILES string of the molecule is COc1ccc(NCc2c(Br)ccc(OC)c2OCc2ccc(Cl)cc2Cl)cc1. The number of halogens is 3. The number of nitrogens with one attached hydrogen (secondary N) is 1. The Morgan fingerprint density at radius 1 is 0.931 bits per heavy atom. The highest BCUT2D eigenvalue weighted by atomic mass is 79.9. The smallest absolute Gasteiger partial charge is 0.167 e. The zero-order chi connectivity index (χ0) is 20.8. The van der Waals surface area contributed by atoms with Crippen LogP contribution in [0.3, 0.4) is 0 Å². The Bertz CT molecular complexity index is 981. The highest BCUT2D eigenvalue weighted by molar-refractivity contribution is 9.10. The molecule has 0 saturated carbocycles. The average Bonchev–Trinajstić information content (AvgIpc) is 2.73. The van der Waals surface area contributed by atoms with Crippen LogP contribution in [0.15, 0.2) is 59.1 Å². The van der Waals surface area contributed by atoms with Crippen LogP contribution in [-0.4, -0.2) is 14.2 Å². The van der Waals surface area contributed by atoms with Gasteiger partial charge in [0.25, 0.3) is 0 Å². The summed E-state index contributed by atoms with van der Waals surface area (Å²) in [5.74, 6) is 2.10. The van der Waals surface area contributed by atoms with E-state index in [2.05, 4.69) is 21.2 Å². The second-order valence-electron chi connectivity index (χ2n) is 6.16. The molecule has 0 amide bonds. The number of hydrogen-bond acceptors (Lipinski definition) is 4. The van der Waals surface area contributed by atoms with Crippen molar-refractivity contribution < 1.29 is 14.2 Å². The summed E-state index contributed by atoms with van der Waals surface area (Å²) in [6.07, 6.45) is 0. The van der Waals surface area contributed by atoms with Gasteiger partial charge in [0.1, 0.15) is 12.4 Å². The van der Waals surface area contributed by atoms with Gasteiger partial charge in [-0.25, -0.2) is 0 Å². The van der Waals surface area contributed by atoms with Gasteiger partial charge in [-0.15, -0.1) is 0 Å². The molecule has 0 aliphatic heterocycles. The minimum atomic E-state index is 0.290. The lowest BCUT2D eigenvalue weighted by Crippen LogP contribution is -2.06. The largest absolute Gasteiger partial charge is 0.497 e. The second kappa shape index (κ2) is 10.1. The van der Waals surface area contributed by atoms with E-state index in [4.69, 9.17) is 37.4 Å². The standard InChI is InChI=1S/C22H20BrCl2NO3/c1-27-17-7-5-16(6-8-17)26-12-18-19(23)9-10-21(28-2)22(18)29-13-14-3-4-15(24)11-20(14)25/h3-11,26H,12-13H2,1-2H3. The molecule has 0 unspecified atom stereocenters. The van der Waals surface area contributed by atoms with E-state index < -0.39 is 0 Å². The molecule has 0 aliphatic carbocycles. The highest BCUT2D eigenvalue weighted by Crippen LogP contribution is 2.38. The van der Waals surface area contributed by atoms with Crippen molar-refractivity contribution >= 4 is 44.8 Å². The van der Waals surface area contributed by atoms with Crippen molar-refractivity contribution in [2.24, 2.45) is 0 Å². The van der Waals surface area contributed by atoms with Crippen LogP contribution in [0, 0.1) is 0 Å². The number of hydrogen-bond donors (Lipinski definition) is 1. The molecule has 0 saturated heterocycles. The summed E-state index contributed by atoms with van der Waals surface area (Å²) < 4.78 is 17.8. The summed E-state index contributed by atoms with van der Waals surface area (Å²) in [4.78, 5) is 0. The Morgan fingerprint density at radius 2 is 1.69 bits per heavy atom. The lowest BCUT2D eigenvalue weighted by atomic mass is 10.1. The summed E-state index contributed by atoms with van der Waals surface area (Å²) in [5, 5.41) is 4.54. The summed E-state index contributed by atoms with van der Waals surface area (Å²) in [6, 6.07) is 16.9. The van der Waals surface area contributed by atoms with Gasteiger partial charge in [-0.1, -0.05) is 45.2 Å². The minimum absolute atomic E-state index is 0.290. The van der Waals surface area contributed by atoms with E-state index in [0.29, 0.717) is 34.7 Å². The van der Waals surface area contributed by atoms with Crippen molar-refractivity contribution in [1.29, 1.82) is 0 Å². The summed E-state index contributed by atoms with van der Waals surface area (Å²) >= 11 is 15.9. The van der Waals surface area contributed by atoms with Crippen molar-refractivity contribution in [1.82, 2.24) is 0 Å². The van der Waals surface area contributed by atoms with Crippen LogP contribution < -0.4 is 19.5 Å². The Labute approximate surface area is 188 Å². The molecule has 0 fully saturated rings. The lowest BCUT2D eigenvalue weighted by Gasteiger charge is -2.18. The molecule has 0 bridgehead atoms. The molecule has 4 nitrogen and oxygen atoms in total. The molecule has 0 spiro atoms. The van der Waals surface area contributed by atoms with Crippen molar-refractivity contribution in [3.05, 3.63) is 80.2 Å². The van der Waals surface area contributed by atoms with Crippen LogP contribution in [0.5, 0.6) is 17.2 Å². The lowest BCUT2D eigenvalue weighted by molar-refractivity contribution is 0.281. The van der Waals surface area contributed by atoms with Gasteiger partial charge in [0, 0.05) is 37.9 Å². The van der Waals surface area contributed by atoms with Crippen molar-refractivity contribution in [3.8, 4) is 17.2 Å². The van der Waals surface area contributed by atoms with Gasteiger partial charge in [0.05, 0.1) is 14.2 Å². The Morgan fingerprint density at radius 3 is 2.34 bits per heavy atom. The Balaban J connectivity index is 1.82. The van der Waals surface area contributed by atoms with E-state index in [1.807, 2.05) is 42.5 Å². The molecule has 3 aromatic carbocycles. The number of benzene rings is 3. The number of rotatable bonds is 8. The number of methoxy groups -OCH3 is 2. The van der Waals surface area contributed by atoms with Gasteiger partial charge < -0.3 is 19.5 Å². The van der Waals surface area contributed by atoms with Gasteiger partial charge in [0.2, 0.25) is 0 Å². The normalized spacial score (nSPS) is 10.5. The number of anilines is 1. The fraction of sp³-hybridized carbons (Fsp3) is 0.182. The first-order valence-electron chi connectivity index (χ1n) is 8.82. The first kappa shape index (κ1) is 21.6. The number of ether oxygens (including phenoxy) is 3. The van der Waals surface area contributed by atoms with E-state index in [1.165, 1.54) is 0 Å². The van der Waals surface area contributed by atoms with Gasteiger partial charge in [0.15, 0.2) is 11.5 Å². The van der Waals surface area contributed by atoms with E-state index >= 15 is 0 Å². The van der Waals surface area contributed by atoms with Gasteiger partial charge >= 0.3 is 0 Å². The van der Waals surface area contributed by atoms with E-state index in [1.54, 1.807) is 26.4 Å². The maximum atomic E-state index is 6.28. The third-order valence-electron chi connectivity index (χ3n) is 4.33. The maximum Gasteiger partial charge on any atom is 0.167 e. The molecule has 0 atom stereocenters. The molecule has 7 heteroatoms. The summed E-state index contributed by atoms with van der Waals surface area (Å²) in [7, 11) is 3.26. The highest BCUT2D eigenvalue weighted by Gasteiger charge is 2.15. The van der Waals surface area contributed by atoms with Crippen LogP contribution in [0.25, 0.3) is 0 Å². The Kier molecular flexibility index (Phi) is 7.53. The zero-order valence-electron chi connectivity index (χ0n) is 16.0. The second-order valence-corrected chi connectivity index (χ2v) is 7.86. The van der Waals surface area contributed by atoms with Crippen molar-refractivity contribution in [2.75, 3.05) is 19.5 Å². The van der Waals surface area contributed by atoms with Crippen molar-refractivity contribution in [3.63, 3.8) is 0 Å². The molecule has 3 aromatic rings. The van der Waals surface area contributed by atoms with Crippen LogP contribution in [-0.2, 0) is 13.2 Å².